The molecule has 2 rings (SSSR count). The van der Waals surface area contributed by atoms with Gasteiger partial charge < -0.3 is 9.73 Å². The van der Waals surface area contributed by atoms with Crippen molar-refractivity contribution in [3.05, 3.63) is 24.2 Å². The predicted octanol–water partition coefficient (Wildman–Crippen LogP) is 3.48. The van der Waals surface area contributed by atoms with E-state index in [0.717, 1.165) is 24.2 Å². The number of nitrogens with one attached hydrogen (secondary N) is 1. The second-order valence-electron chi connectivity index (χ2n) is 5.81. The lowest BCUT2D eigenvalue weighted by Crippen LogP contribution is -2.40. The van der Waals surface area contributed by atoms with Crippen LogP contribution in [-0.4, -0.2) is 13.1 Å². The average molecular weight is 235 g/mol. The molecule has 1 fully saturated rings. The van der Waals surface area contributed by atoms with E-state index >= 15 is 0 Å². The molecule has 2 heteroatoms. The van der Waals surface area contributed by atoms with Crippen LogP contribution in [0.2, 0.25) is 0 Å². The molecule has 1 aromatic heterocycles. The van der Waals surface area contributed by atoms with Gasteiger partial charge in [-0.2, -0.15) is 0 Å². The lowest BCUT2D eigenvalue weighted by molar-refractivity contribution is 0.172. The van der Waals surface area contributed by atoms with E-state index in [1.807, 2.05) is 6.26 Å². The van der Waals surface area contributed by atoms with E-state index < -0.39 is 0 Å². The molecule has 0 radical (unpaired) electrons. The molecule has 96 valence electrons. The summed E-state index contributed by atoms with van der Waals surface area (Å²) < 4.78 is 5.18. The van der Waals surface area contributed by atoms with Crippen LogP contribution in [0.1, 0.15) is 38.7 Å². The van der Waals surface area contributed by atoms with Crippen molar-refractivity contribution in [2.24, 2.45) is 17.8 Å². The topological polar surface area (TPSA) is 25.2 Å². The molecule has 0 bridgehead atoms. The van der Waals surface area contributed by atoms with Crippen LogP contribution in [0.4, 0.5) is 0 Å². The van der Waals surface area contributed by atoms with Gasteiger partial charge in [-0.15, -0.1) is 0 Å². The van der Waals surface area contributed by atoms with E-state index in [9.17, 15) is 0 Å². The van der Waals surface area contributed by atoms with Crippen molar-refractivity contribution < 1.29 is 4.42 Å². The fourth-order valence-corrected chi connectivity index (χ4v) is 3.22. The first-order chi connectivity index (χ1) is 8.20. The van der Waals surface area contributed by atoms with Crippen LogP contribution in [0, 0.1) is 17.8 Å². The van der Waals surface area contributed by atoms with Crippen LogP contribution < -0.4 is 5.32 Å². The molecule has 3 atom stereocenters. The maximum Gasteiger partial charge on any atom is 0.0934 e. The van der Waals surface area contributed by atoms with E-state index in [-0.39, 0.29) is 0 Å². The zero-order valence-corrected chi connectivity index (χ0v) is 11.3. The Bertz CT molecular complexity index is 318. The van der Waals surface area contributed by atoms with Gasteiger partial charge in [0.1, 0.15) is 0 Å². The van der Waals surface area contributed by atoms with Gasteiger partial charge in [-0.1, -0.05) is 13.8 Å². The maximum absolute atomic E-state index is 5.18. The first kappa shape index (κ1) is 12.7. The summed E-state index contributed by atoms with van der Waals surface area (Å²) in [4.78, 5) is 0. The molecule has 1 aromatic rings. The molecular weight excluding hydrogens is 210 g/mol. The fraction of sp³-hybridized carbons (Fsp3) is 0.733. The van der Waals surface area contributed by atoms with Gasteiger partial charge >= 0.3 is 0 Å². The first-order valence-corrected chi connectivity index (χ1v) is 6.89. The Morgan fingerprint density at radius 1 is 1.41 bits per heavy atom. The number of furan rings is 1. The van der Waals surface area contributed by atoms with Crippen LogP contribution in [0.15, 0.2) is 23.0 Å². The summed E-state index contributed by atoms with van der Waals surface area (Å²) in [6, 6.07) is 2.78. The molecule has 1 aliphatic rings. The molecule has 17 heavy (non-hydrogen) atoms. The fourth-order valence-electron chi connectivity index (χ4n) is 3.22. The second-order valence-corrected chi connectivity index (χ2v) is 5.81. The molecule has 0 amide bonds. The third-order valence-electron chi connectivity index (χ3n) is 4.41. The highest BCUT2D eigenvalue weighted by atomic mass is 16.3. The Morgan fingerprint density at radius 3 is 2.82 bits per heavy atom. The zero-order valence-electron chi connectivity index (χ0n) is 11.3. The minimum absolute atomic E-state index is 0.680. The van der Waals surface area contributed by atoms with Crippen LogP contribution >= 0.6 is 0 Å². The van der Waals surface area contributed by atoms with Crippen LogP contribution in [0.25, 0.3) is 0 Å². The van der Waals surface area contributed by atoms with Crippen LogP contribution in [0.5, 0.6) is 0 Å². The highest BCUT2D eigenvalue weighted by Crippen LogP contribution is 2.35. The molecule has 1 aliphatic carbocycles. The normalized spacial score (nSPS) is 29.8. The maximum atomic E-state index is 5.18. The molecule has 2 nitrogen and oxygen atoms in total. The molecule has 1 heterocycles. The lowest BCUT2D eigenvalue weighted by atomic mass is 9.72. The van der Waals surface area contributed by atoms with Crippen LogP contribution in [0.3, 0.4) is 0 Å². The third-order valence-corrected chi connectivity index (χ3v) is 4.41. The van der Waals surface area contributed by atoms with E-state index in [2.05, 4.69) is 32.3 Å². The van der Waals surface area contributed by atoms with Gasteiger partial charge in [0.15, 0.2) is 0 Å². The predicted molar refractivity (Wildman–Crippen MR) is 70.9 cm³/mol. The van der Waals surface area contributed by atoms with Gasteiger partial charge in [-0.05, 0) is 62.1 Å². The van der Waals surface area contributed by atoms with Gasteiger partial charge in [-0.3, -0.25) is 0 Å². The SMILES string of the molecule is CNC1CCC(C(C)C)CC1Cc1ccoc1. The van der Waals surface area contributed by atoms with Gasteiger partial charge in [0.25, 0.3) is 0 Å². The molecule has 1 N–H and O–H groups in total. The number of hydrogen-bond acceptors (Lipinski definition) is 2. The molecule has 3 unspecified atom stereocenters. The molecular formula is C15H25NO. The van der Waals surface area contributed by atoms with Crippen molar-refractivity contribution in [2.45, 2.75) is 45.6 Å². The largest absolute Gasteiger partial charge is 0.472 e. The number of hydrogen-bond donors (Lipinski definition) is 1. The van der Waals surface area contributed by atoms with Gasteiger partial charge in [-0.25, -0.2) is 0 Å². The average Bonchev–Trinajstić information content (AvgIpc) is 2.81. The second kappa shape index (κ2) is 5.72. The van der Waals surface area contributed by atoms with Gasteiger partial charge in [0, 0.05) is 6.04 Å². The van der Waals surface area contributed by atoms with E-state index in [1.165, 1.54) is 24.8 Å². The van der Waals surface area contributed by atoms with Crippen molar-refractivity contribution in [3.63, 3.8) is 0 Å². The van der Waals surface area contributed by atoms with Crippen LogP contribution in [-0.2, 0) is 6.42 Å². The van der Waals surface area contributed by atoms with Gasteiger partial charge in [0.2, 0.25) is 0 Å². The zero-order chi connectivity index (χ0) is 12.3. The summed E-state index contributed by atoms with van der Waals surface area (Å²) in [6.45, 7) is 4.72. The summed E-state index contributed by atoms with van der Waals surface area (Å²) in [7, 11) is 2.10. The minimum atomic E-state index is 0.680. The summed E-state index contributed by atoms with van der Waals surface area (Å²) in [5, 5.41) is 3.50. The first-order valence-electron chi connectivity index (χ1n) is 6.89. The highest BCUT2D eigenvalue weighted by molar-refractivity contribution is 5.07. The summed E-state index contributed by atoms with van der Waals surface area (Å²) in [5.74, 6) is 2.48. The Balaban J connectivity index is 1.99. The Hall–Kier alpha value is -0.760. The van der Waals surface area contributed by atoms with Gasteiger partial charge in [0.05, 0.1) is 12.5 Å². The Morgan fingerprint density at radius 2 is 2.24 bits per heavy atom. The van der Waals surface area contributed by atoms with Crippen molar-refractivity contribution in [1.29, 1.82) is 0 Å². The monoisotopic (exact) mass is 235 g/mol. The lowest BCUT2D eigenvalue weighted by Gasteiger charge is -2.37. The summed E-state index contributed by atoms with van der Waals surface area (Å²) in [5.41, 5.74) is 1.35. The Kier molecular flexibility index (Phi) is 4.27. The van der Waals surface area contributed by atoms with E-state index in [0.29, 0.717) is 6.04 Å². The molecule has 1 saturated carbocycles. The molecule has 0 aliphatic heterocycles. The smallest absolute Gasteiger partial charge is 0.0934 e. The van der Waals surface area contributed by atoms with Crippen molar-refractivity contribution in [3.8, 4) is 0 Å². The Labute approximate surface area is 105 Å². The highest BCUT2D eigenvalue weighted by Gasteiger charge is 2.30. The standard InChI is InChI=1S/C15H25NO/c1-11(2)13-4-5-15(16-3)14(9-13)8-12-6-7-17-10-12/h6-7,10-11,13-16H,4-5,8-9H2,1-3H3. The van der Waals surface area contributed by atoms with Crippen molar-refractivity contribution in [2.75, 3.05) is 7.05 Å². The number of rotatable bonds is 4. The van der Waals surface area contributed by atoms with Crippen molar-refractivity contribution >= 4 is 0 Å². The quantitative estimate of drug-likeness (QED) is 0.864. The summed E-state index contributed by atoms with van der Waals surface area (Å²) in [6.07, 6.45) is 8.89. The third kappa shape index (κ3) is 3.12. The molecule has 0 aromatic carbocycles. The summed E-state index contributed by atoms with van der Waals surface area (Å²) >= 11 is 0. The van der Waals surface area contributed by atoms with E-state index in [1.54, 1.807) is 6.26 Å². The minimum Gasteiger partial charge on any atom is -0.472 e. The molecule has 0 spiro atoms. The van der Waals surface area contributed by atoms with E-state index in [4.69, 9.17) is 4.42 Å². The molecule has 0 saturated heterocycles. The van der Waals surface area contributed by atoms with Crippen molar-refractivity contribution in [1.82, 2.24) is 5.32 Å².